The van der Waals surface area contributed by atoms with E-state index in [1.807, 2.05) is 0 Å². The Hall–Kier alpha value is -2.90. The average Bonchev–Trinajstić information content (AvgIpc) is 2.47. The number of benzene rings is 2. The van der Waals surface area contributed by atoms with Gasteiger partial charge in [0.1, 0.15) is 5.82 Å². The number of carbonyl (C=O) groups excluding carboxylic acids is 2. The summed E-state index contributed by atoms with van der Waals surface area (Å²) in [6.45, 7) is 1.17. The molecule has 0 bridgehead atoms. The van der Waals surface area contributed by atoms with Crippen molar-refractivity contribution in [2.45, 2.75) is 13.1 Å². The van der Waals surface area contributed by atoms with E-state index in [2.05, 4.69) is 10.6 Å². The summed E-state index contributed by atoms with van der Waals surface area (Å²) >= 11 is 0. The first kappa shape index (κ1) is 17.5. The minimum absolute atomic E-state index is 0.0276. The van der Waals surface area contributed by atoms with Crippen LogP contribution in [-0.2, 0) is 11.0 Å². The van der Waals surface area contributed by atoms with Gasteiger partial charge in [0.05, 0.1) is 22.5 Å². The molecule has 0 aliphatic rings. The summed E-state index contributed by atoms with van der Waals surface area (Å²) in [5, 5.41) is 4.50. The molecule has 0 radical (unpaired) electrons. The fourth-order valence-corrected chi connectivity index (χ4v) is 1.96. The third-order valence-electron chi connectivity index (χ3n) is 3.02. The highest BCUT2D eigenvalue weighted by Gasteiger charge is 2.31. The molecule has 0 fully saturated rings. The predicted octanol–water partition coefficient (Wildman–Crippen LogP) is 4.06. The first-order valence-corrected chi connectivity index (χ1v) is 6.73. The molecule has 8 heteroatoms. The van der Waals surface area contributed by atoms with E-state index >= 15 is 0 Å². The van der Waals surface area contributed by atoms with Gasteiger partial charge in [-0.3, -0.25) is 9.59 Å². The van der Waals surface area contributed by atoms with Crippen molar-refractivity contribution < 1.29 is 27.2 Å². The summed E-state index contributed by atoms with van der Waals surface area (Å²) in [6, 6.07) is 7.49. The van der Waals surface area contributed by atoms with Crippen LogP contribution in [0.25, 0.3) is 0 Å². The molecule has 0 aliphatic heterocycles. The first-order chi connectivity index (χ1) is 11.2. The molecule has 2 aromatic rings. The summed E-state index contributed by atoms with van der Waals surface area (Å²) < 4.78 is 52.1. The molecule has 2 N–H and O–H groups in total. The number of rotatable bonds is 3. The highest BCUT2D eigenvalue weighted by molar-refractivity contribution is 6.07. The van der Waals surface area contributed by atoms with E-state index < -0.39 is 29.4 Å². The fraction of sp³-hybridized carbons (Fsp3) is 0.125. The average molecular weight is 340 g/mol. The van der Waals surface area contributed by atoms with Crippen LogP contribution >= 0.6 is 0 Å². The van der Waals surface area contributed by atoms with Crippen molar-refractivity contribution in [2.75, 3.05) is 10.6 Å². The van der Waals surface area contributed by atoms with Gasteiger partial charge >= 0.3 is 6.18 Å². The van der Waals surface area contributed by atoms with Crippen molar-refractivity contribution in [1.29, 1.82) is 0 Å². The maximum absolute atomic E-state index is 13.6. The lowest BCUT2D eigenvalue weighted by Gasteiger charge is -2.15. The molecule has 4 nitrogen and oxygen atoms in total. The van der Waals surface area contributed by atoms with E-state index in [1.54, 1.807) is 0 Å². The van der Waals surface area contributed by atoms with Crippen LogP contribution in [0.1, 0.15) is 22.8 Å². The number of carbonyl (C=O) groups is 2. The quantitative estimate of drug-likeness (QED) is 0.828. The van der Waals surface area contributed by atoms with Gasteiger partial charge in [-0.25, -0.2) is 4.39 Å². The monoisotopic (exact) mass is 340 g/mol. The van der Waals surface area contributed by atoms with Crippen molar-refractivity contribution >= 4 is 23.2 Å². The first-order valence-electron chi connectivity index (χ1n) is 6.73. The maximum Gasteiger partial charge on any atom is 0.416 e. The largest absolute Gasteiger partial charge is 0.416 e. The molecular formula is C16H12F4N2O2. The zero-order chi connectivity index (χ0) is 17.9. The van der Waals surface area contributed by atoms with Crippen LogP contribution in [0.4, 0.5) is 28.9 Å². The molecule has 0 atom stereocenters. The normalized spacial score (nSPS) is 11.0. The lowest BCUT2D eigenvalue weighted by molar-refractivity contribution is -0.137. The highest BCUT2D eigenvalue weighted by Crippen LogP contribution is 2.34. The Morgan fingerprint density at radius 1 is 0.958 bits per heavy atom. The van der Waals surface area contributed by atoms with E-state index in [-0.39, 0.29) is 16.9 Å². The van der Waals surface area contributed by atoms with Gasteiger partial charge in [-0.15, -0.1) is 0 Å². The molecule has 2 aromatic carbocycles. The molecule has 2 rings (SSSR count). The molecule has 0 aliphatic carbocycles. The maximum atomic E-state index is 13.6. The number of hydrogen-bond acceptors (Lipinski definition) is 2. The topological polar surface area (TPSA) is 58.2 Å². The van der Waals surface area contributed by atoms with Crippen molar-refractivity contribution in [3.05, 3.63) is 59.4 Å². The van der Waals surface area contributed by atoms with E-state index in [9.17, 15) is 27.2 Å². The summed E-state index contributed by atoms with van der Waals surface area (Å²) in [4.78, 5) is 23.2. The molecule has 0 spiro atoms. The number of amides is 2. The van der Waals surface area contributed by atoms with Gasteiger partial charge in [0.25, 0.3) is 5.91 Å². The van der Waals surface area contributed by atoms with Crippen LogP contribution < -0.4 is 10.6 Å². The van der Waals surface area contributed by atoms with Crippen LogP contribution in [0.15, 0.2) is 42.5 Å². The Kier molecular flexibility index (Phi) is 4.87. The zero-order valence-corrected chi connectivity index (χ0v) is 12.4. The van der Waals surface area contributed by atoms with Crippen molar-refractivity contribution in [1.82, 2.24) is 0 Å². The second-order valence-electron chi connectivity index (χ2n) is 4.87. The van der Waals surface area contributed by atoms with Gasteiger partial charge < -0.3 is 10.6 Å². The third kappa shape index (κ3) is 4.09. The second kappa shape index (κ2) is 6.69. The predicted molar refractivity (Wildman–Crippen MR) is 80.1 cm³/mol. The van der Waals surface area contributed by atoms with Crippen LogP contribution in [0, 0.1) is 5.82 Å². The zero-order valence-electron chi connectivity index (χ0n) is 12.4. The molecule has 0 saturated heterocycles. The Balaban J connectivity index is 2.40. The summed E-state index contributed by atoms with van der Waals surface area (Å²) in [5.74, 6) is -2.28. The van der Waals surface area contributed by atoms with Crippen molar-refractivity contribution in [2.24, 2.45) is 0 Å². The SMILES string of the molecule is CC(=O)Nc1ccc(C(F)(F)F)cc1NC(=O)c1ccccc1F. The van der Waals surface area contributed by atoms with Gasteiger partial charge in [0, 0.05) is 6.92 Å². The summed E-state index contributed by atoms with van der Waals surface area (Å²) in [7, 11) is 0. The minimum atomic E-state index is -4.63. The van der Waals surface area contributed by atoms with Crippen LogP contribution in [0.2, 0.25) is 0 Å². The number of anilines is 2. The standard InChI is InChI=1S/C16H12F4N2O2/c1-9(23)21-13-7-6-10(16(18,19)20)8-14(13)22-15(24)11-4-2-3-5-12(11)17/h2-8H,1H3,(H,21,23)(H,22,24). The Labute approximate surface area is 134 Å². The lowest BCUT2D eigenvalue weighted by Crippen LogP contribution is -2.17. The molecule has 2 amide bonds. The van der Waals surface area contributed by atoms with Gasteiger partial charge in [-0.1, -0.05) is 12.1 Å². The highest BCUT2D eigenvalue weighted by atomic mass is 19.4. The van der Waals surface area contributed by atoms with E-state index in [4.69, 9.17) is 0 Å². The van der Waals surface area contributed by atoms with E-state index in [0.717, 1.165) is 18.2 Å². The van der Waals surface area contributed by atoms with Crippen molar-refractivity contribution in [3.8, 4) is 0 Å². The van der Waals surface area contributed by atoms with Gasteiger partial charge in [0.15, 0.2) is 0 Å². The lowest BCUT2D eigenvalue weighted by atomic mass is 10.1. The molecule has 126 valence electrons. The summed E-state index contributed by atoms with van der Waals surface area (Å²) in [6.07, 6.45) is -4.63. The second-order valence-corrected chi connectivity index (χ2v) is 4.87. The Bertz CT molecular complexity index is 788. The number of alkyl halides is 3. The van der Waals surface area contributed by atoms with E-state index in [1.165, 1.54) is 25.1 Å². The number of nitrogens with one attached hydrogen (secondary N) is 2. The van der Waals surface area contributed by atoms with Crippen LogP contribution in [-0.4, -0.2) is 11.8 Å². The third-order valence-corrected chi connectivity index (χ3v) is 3.02. The molecule has 0 aromatic heterocycles. The minimum Gasteiger partial charge on any atom is -0.325 e. The smallest absolute Gasteiger partial charge is 0.325 e. The van der Waals surface area contributed by atoms with Gasteiger partial charge in [-0.2, -0.15) is 13.2 Å². The molecule has 0 unspecified atom stereocenters. The number of hydrogen-bond donors (Lipinski definition) is 2. The molecule has 0 heterocycles. The summed E-state index contributed by atoms with van der Waals surface area (Å²) in [5.41, 5.74) is -1.66. The van der Waals surface area contributed by atoms with Crippen LogP contribution in [0.3, 0.4) is 0 Å². The van der Waals surface area contributed by atoms with E-state index in [0.29, 0.717) is 6.07 Å². The fourth-order valence-electron chi connectivity index (χ4n) is 1.96. The van der Waals surface area contributed by atoms with Crippen LogP contribution in [0.5, 0.6) is 0 Å². The van der Waals surface area contributed by atoms with Gasteiger partial charge in [-0.05, 0) is 30.3 Å². The molecular weight excluding hydrogens is 328 g/mol. The van der Waals surface area contributed by atoms with Crippen molar-refractivity contribution in [3.63, 3.8) is 0 Å². The number of halogens is 4. The molecule has 24 heavy (non-hydrogen) atoms. The Morgan fingerprint density at radius 3 is 2.21 bits per heavy atom. The molecule has 0 saturated carbocycles. The van der Waals surface area contributed by atoms with Gasteiger partial charge in [0.2, 0.25) is 5.91 Å². The Morgan fingerprint density at radius 2 is 1.62 bits per heavy atom.